The smallest absolute Gasteiger partial charge is 0.221 e. The third kappa shape index (κ3) is 4.05. The van der Waals surface area contributed by atoms with Crippen LogP contribution in [0.5, 0.6) is 0 Å². The van der Waals surface area contributed by atoms with Crippen molar-refractivity contribution in [2.24, 2.45) is 5.73 Å². The minimum Gasteiger partial charge on any atom is -0.379 e. The molecule has 2 rings (SSSR count). The van der Waals surface area contributed by atoms with Gasteiger partial charge in [-0.15, -0.1) is 0 Å². The zero-order valence-electron chi connectivity index (χ0n) is 10.6. The number of nitrogens with zero attached hydrogens (tertiary/aromatic N) is 1. The van der Waals surface area contributed by atoms with Crippen molar-refractivity contribution in [3.63, 3.8) is 0 Å². The number of nitrogens with one attached hydrogen (secondary N) is 1. The Hall–Kier alpha value is -1.40. The summed E-state index contributed by atoms with van der Waals surface area (Å²) in [6, 6.07) is 9.55. The van der Waals surface area contributed by atoms with Crippen molar-refractivity contribution < 1.29 is 4.79 Å². The zero-order valence-corrected chi connectivity index (χ0v) is 13.7. The van der Waals surface area contributed by atoms with Gasteiger partial charge in [0.05, 0.1) is 18.7 Å². The summed E-state index contributed by atoms with van der Waals surface area (Å²) in [6.45, 7) is 0.559. The van der Waals surface area contributed by atoms with Crippen molar-refractivity contribution in [3.8, 4) is 0 Å². The highest BCUT2D eigenvalue weighted by Gasteiger charge is 2.07. The Morgan fingerprint density at radius 2 is 2.05 bits per heavy atom. The van der Waals surface area contributed by atoms with E-state index in [0.717, 1.165) is 25.9 Å². The van der Waals surface area contributed by atoms with E-state index in [1.54, 1.807) is 6.20 Å². The number of aromatic nitrogens is 1. The van der Waals surface area contributed by atoms with Gasteiger partial charge in [-0.1, -0.05) is 18.2 Å². The molecule has 0 spiro atoms. The number of hydrogen-bond donors (Lipinski definition) is 2. The molecule has 0 aliphatic heterocycles. The first-order valence-corrected chi connectivity index (χ1v) is 7.55. The third-order valence-electron chi connectivity index (χ3n) is 2.71. The van der Waals surface area contributed by atoms with E-state index >= 15 is 0 Å². The standard InChI is InChI=1S/C14H13Br2N3O/c15-10-6-11(16)13(18-7-10)8-19-12-4-2-1-3-9(12)5-14(17)20/h1-4,6-7,19H,5,8H2,(H2,17,20). The van der Waals surface area contributed by atoms with Crippen molar-refractivity contribution in [1.82, 2.24) is 4.98 Å². The first-order valence-electron chi connectivity index (χ1n) is 5.96. The van der Waals surface area contributed by atoms with Gasteiger partial charge < -0.3 is 11.1 Å². The lowest BCUT2D eigenvalue weighted by molar-refractivity contribution is -0.117. The number of pyridine rings is 1. The van der Waals surface area contributed by atoms with E-state index < -0.39 is 0 Å². The average Bonchev–Trinajstić information content (AvgIpc) is 2.39. The molecular weight excluding hydrogens is 386 g/mol. The van der Waals surface area contributed by atoms with Crippen molar-refractivity contribution in [2.45, 2.75) is 13.0 Å². The lowest BCUT2D eigenvalue weighted by Gasteiger charge is -2.11. The van der Waals surface area contributed by atoms with Crippen LogP contribution < -0.4 is 11.1 Å². The van der Waals surface area contributed by atoms with Gasteiger partial charge in [-0.2, -0.15) is 0 Å². The maximum Gasteiger partial charge on any atom is 0.221 e. The lowest BCUT2D eigenvalue weighted by atomic mass is 10.1. The van der Waals surface area contributed by atoms with E-state index in [-0.39, 0.29) is 12.3 Å². The molecule has 0 fully saturated rings. The Morgan fingerprint density at radius 1 is 1.30 bits per heavy atom. The Labute approximate surface area is 134 Å². The van der Waals surface area contributed by atoms with Crippen LogP contribution in [0.4, 0.5) is 5.69 Å². The summed E-state index contributed by atoms with van der Waals surface area (Å²) in [6.07, 6.45) is 1.97. The first-order chi connectivity index (χ1) is 9.56. The van der Waals surface area contributed by atoms with Crippen LogP contribution in [0.15, 0.2) is 45.5 Å². The zero-order chi connectivity index (χ0) is 14.5. The van der Waals surface area contributed by atoms with Gasteiger partial charge in [-0.3, -0.25) is 9.78 Å². The van der Waals surface area contributed by atoms with Gasteiger partial charge in [0.15, 0.2) is 0 Å². The number of carbonyl (C=O) groups excluding carboxylic acids is 1. The predicted molar refractivity (Wildman–Crippen MR) is 86.3 cm³/mol. The number of nitrogens with two attached hydrogens (primary N) is 1. The molecule has 0 aliphatic rings. The average molecular weight is 399 g/mol. The Balaban J connectivity index is 2.12. The fraction of sp³-hybridized carbons (Fsp3) is 0.143. The lowest BCUT2D eigenvalue weighted by Crippen LogP contribution is -2.15. The molecule has 0 saturated heterocycles. The molecule has 0 radical (unpaired) electrons. The van der Waals surface area contributed by atoms with Crippen molar-refractivity contribution in [3.05, 3.63) is 56.7 Å². The summed E-state index contributed by atoms with van der Waals surface area (Å²) >= 11 is 6.84. The van der Waals surface area contributed by atoms with Gasteiger partial charge in [0.2, 0.25) is 5.91 Å². The fourth-order valence-corrected chi connectivity index (χ4v) is 2.91. The quantitative estimate of drug-likeness (QED) is 0.812. The van der Waals surface area contributed by atoms with E-state index in [9.17, 15) is 4.79 Å². The van der Waals surface area contributed by atoms with Gasteiger partial charge in [0, 0.05) is 20.8 Å². The maximum atomic E-state index is 11.1. The summed E-state index contributed by atoms with van der Waals surface area (Å²) < 4.78 is 1.84. The van der Waals surface area contributed by atoms with Gasteiger partial charge in [0.25, 0.3) is 0 Å². The molecule has 1 aromatic heterocycles. The Kier molecular flexibility index (Phi) is 5.14. The Bertz CT molecular complexity index is 632. The van der Waals surface area contributed by atoms with Crippen molar-refractivity contribution in [1.29, 1.82) is 0 Å². The van der Waals surface area contributed by atoms with Crippen LogP contribution in [-0.4, -0.2) is 10.9 Å². The van der Waals surface area contributed by atoms with Gasteiger partial charge in [-0.25, -0.2) is 0 Å². The van der Waals surface area contributed by atoms with Crippen LogP contribution in [0, 0.1) is 0 Å². The molecule has 4 nitrogen and oxygen atoms in total. The molecule has 3 N–H and O–H groups in total. The highest BCUT2D eigenvalue weighted by molar-refractivity contribution is 9.11. The second-order valence-corrected chi connectivity index (χ2v) is 6.01. The normalized spacial score (nSPS) is 10.3. The molecule has 20 heavy (non-hydrogen) atoms. The number of hydrogen-bond acceptors (Lipinski definition) is 3. The SMILES string of the molecule is NC(=O)Cc1ccccc1NCc1ncc(Br)cc1Br. The van der Waals surface area contributed by atoms with Crippen LogP contribution in [0.2, 0.25) is 0 Å². The molecule has 1 aromatic carbocycles. The number of anilines is 1. The van der Waals surface area contributed by atoms with Crippen LogP contribution in [0.1, 0.15) is 11.3 Å². The summed E-state index contributed by atoms with van der Waals surface area (Å²) in [5.41, 5.74) is 7.91. The van der Waals surface area contributed by atoms with Gasteiger partial charge in [0.1, 0.15) is 0 Å². The minimum atomic E-state index is -0.345. The molecule has 2 aromatic rings. The summed E-state index contributed by atoms with van der Waals surface area (Å²) in [7, 11) is 0. The number of carbonyl (C=O) groups is 1. The summed E-state index contributed by atoms with van der Waals surface area (Å²) in [5, 5.41) is 3.28. The van der Waals surface area contributed by atoms with E-state index in [1.807, 2.05) is 30.3 Å². The van der Waals surface area contributed by atoms with Crippen LogP contribution in [-0.2, 0) is 17.8 Å². The van der Waals surface area contributed by atoms with E-state index in [2.05, 4.69) is 42.2 Å². The summed E-state index contributed by atoms with van der Waals surface area (Å²) in [5.74, 6) is -0.345. The largest absolute Gasteiger partial charge is 0.379 e. The number of para-hydroxylation sites is 1. The molecule has 0 unspecified atom stereocenters. The number of benzene rings is 1. The fourth-order valence-electron chi connectivity index (χ4n) is 1.79. The van der Waals surface area contributed by atoms with Crippen LogP contribution in [0.25, 0.3) is 0 Å². The molecule has 1 heterocycles. The van der Waals surface area contributed by atoms with Crippen molar-refractivity contribution in [2.75, 3.05) is 5.32 Å². The number of amides is 1. The minimum absolute atomic E-state index is 0.220. The molecule has 6 heteroatoms. The molecule has 1 amide bonds. The predicted octanol–water partition coefficient (Wildman–Crippen LogP) is 3.25. The van der Waals surface area contributed by atoms with Gasteiger partial charge in [-0.05, 0) is 49.6 Å². The van der Waals surface area contributed by atoms with Crippen LogP contribution >= 0.6 is 31.9 Å². The maximum absolute atomic E-state index is 11.1. The molecular formula is C14H13Br2N3O. The number of halogens is 2. The van der Waals surface area contributed by atoms with Gasteiger partial charge >= 0.3 is 0 Å². The monoisotopic (exact) mass is 397 g/mol. The van der Waals surface area contributed by atoms with E-state index in [1.165, 1.54) is 0 Å². The van der Waals surface area contributed by atoms with E-state index in [4.69, 9.17) is 5.73 Å². The molecule has 104 valence electrons. The molecule has 0 atom stereocenters. The third-order valence-corrected chi connectivity index (χ3v) is 3.83. The van der Waals surface area contributed by atoms with E-state index in [0.29, 0.717) is 6.54 Å². The first kappa shape index (κ1) is 15.0. The topological polar surface area (TPSA) is 68.0 Å². The second-order valence-electron chi connectivity index (χ2n) is 4.24. The Morgan fingerprint density at radius 3 is 2.75 bits per heavy atom. The van der Waals surface area contributed by atoms with Crippen LogP contribution in [0.3, 0.4) is 0 Å². The highest BCUT2D eigenvalue weighted by atomic mass is 79.9. The highest BCUT2D eigenvalue weighted by Crippen LogP contribution is 2.22. The number of rotatable bonds is 5. The number of primary amides is 1. The second kappa shape index (κ2) is 6.85. The van der Waals surface area contributed by atoms with Crippen molar-refractivity contribution >= 4 is 43.5 Å². The molecule has 0 saturated carbocycles. The summed E-state index contributed by atoms with van der Waals surface area (Å²) in [4.78, 5) is 15.4. The molecule has 0 aliphatic carbocycles. The molecule has 0 bridgehead atoms.